The van der Waals surface area contributed by atoms with Crippen LogP contribution < -0.4 is 11.1 Å². The second kappa shape index (κ2) is 4.61. The van der Waals surface area contributed by atoms with Crippen molar-refractivity contribution in [1.29, 1.82) is 0 Å². The molecule has 0 saturated heterocycles. The molecule has 1 amide bonds. The summed E-state index contributed by atoms with van der Waals surface area (Å²) < 4.78 is 5.26. The van der Waals surface area contributed by atoms with Crippen molar-refractivity contribution in [2.45, 2.75) is 44.9 Å². The van der Waals surface area contributed by atoms with Crippen LogP contribution in [0.4, 0.5) is 4.79 Å². The Bertz CT molecular complexity index is 451. The fourth-order valence-corrected chi connectivity index (χ4v) is 2.25. The Hall–Kier alpha value is -1.55. The van der Waals surface area contributed by atoms with Gasteiger partial charge in [0.05, 0.1) is 6.04 Å². The highest BCUT2D eigenvalue weighted by molar-refractivity contribution is 5.69. The van der Waals surface area contributed by atoms with Gasteiger partial charge in [-0.05, 0) is 38.3 Å². The number of carbonyl (C=O) groups excluding carboxylic acids is 1. The lowest BCUT2D eigenvalue weighted by atomic mass is 10.1. The Balaban J connectivity index is 2.08. The Morgan fingerprint density at radius 3 is 2.72 bits per heavy atom. The Morgan fingerprint density at radius 1 is 1.39 bits per heavy atom. The van der Waals surface area contributed by atoms with Crippen LogP contribution >= 0.6 is 0 Å². The van der Waals surface area contributed by atoms with E-state index in [4.69, 9.17) is 10.5 Å². The van der Waals surface area contributed by atoms with Crippen molar-refractivity contribution in [2.24, 2.45) is 5.73 Å². The molecule has 2 unspecified atom stereocenters. The molecule has 0 bridgehead atoms. The van der Waals surface area contributed by atoms with Crippen LogP contribution in [0.2, 0.25) is 0 Å². The molecule has 1 aromatic rings. The predicted molar refractivity (Wildman–Crippen MR) is 70.2 cm³/mol. The van der Waals surface area contributed by atoms with Crippen LogP contribution in [0.3, 0.4) is 0 Å². The quantitative estimate of drug-likeness (QED) is 0.800. The zero-order valence-electron chi connectivity index (χ0n) is 11.1. The molecule has 0 aromatic heterocycles. The first-order valence-corrected chi connectivity index (χ1v) is 6.20. The lowest BCUT2D eigenvalue weighted by Gasteiger charge is -2.23. The second-order valence-corrected chi connectivity index (χ2v) is 5.69. The summed E-state index contributed by atoms with van der Waals surface area (Å²) in [5.74, 6) is 0. The molecule has 0 fully saturated rings. The maximum Gasteiger partial charge on any atom is 0.408 e. The van der Waals surface area contributed by atoms with Crippen LogP contribution in [0.25, 0.3) is 0 Å². The molecular formula is C14H20N2O2. The number of hydrogen-bond acceptors (Lipinski definition) is 3. The first-order valence-electron chi connectivity index (χ1n) is 6.20. The molecule has 0 saturated carbocycles. The van der Waals surface area contributed by atoms with E-state index in [0.29, 0.717) is 0 Å². The zero-order chi connectivity index (χ0) is 13.3. The van der Waals surface area contributed by atoms with Crippen LogP contribution in [0.5, 0.6) is 0 Å². The van der Waals surface area contributed by atoms with E-state index >= 15 is 0 Å². The van der Waals surface area contributed by atoms with E-state index in [2.05, 4.69) is 5.32 Å². The van der Waals surface area contributed by atoms with Gasteiger partial charge in [0.25, 0.3) is 0 Å². The third kappa shape index (κ3) is 2.82. The highest BCUT2D eigenvalue weighted by Gasteiger charge is 2.31. The molecule has 98 valence electrons. The van der Waals surface area contributed by atoms with Crippen LogP contribution in [0.1, 0.15) is 37.9 Å². The van der Waals surface area contributed by atoms with E-state index in [1.807, 2.05) is 45.0 Å². The van der Waals surface area contributed by atoms with Crippen LogP contribution in [0.15, 0.2) is 24.3 Å². The lowest BCUT2D eigenvalue weighted by molar-refractivity contribution is 0.0499. The van der Waals surface area contributed by atoms with Gasteiger partial charge in [-0.1, -0.05) is 24.3 Å². The Kier molecular flexibility index (Phi) is 3.30. The van der Waals surface area contributed by atoms with E-state index < -0.39 is 11.7 Å². The third-order valence-corrected chi connectivity index (χ3v) is 2.95. The van der Waals surface area contributed by atoms with Crippen molar-refractivity contribution in [3.63, 3.8) is 0 Å². The van der Waals surface area contributed by atoms with E-state index in [1.165, 1.54) is 5.56 Å². The maximum absolute atomic E-state index is 11.8. The fourth-order valence-electron chi connectivity index (χ4n) is 2.25. The van der Waals surface area contributed by atoms with Gasteiger partial charge in [0.1, 0.15) is 5.60 Å². The number of benzene rings is 1. The predicted octanol–water partition coefficient (Wildman–Crippen LogP) is 2.14. The number of fused-ring (bicyclic) bond motifs is 1. The Morgan fingerprint density at radius 2 is 2.06 bits per heavy atom. The molecule has 0 heterocycles. The monoisotopic (exact) mass is 248 g/mol. The first-order chi connectivity index (χ1) is 8.37. The zero-order valence-corrected chi connectivity index (χ0v) is 11.1. The highest BCUT2D eigenvalue weighted by Crippen LogP contribution is 2.30. The summed E-state index contributed by atoms with van der Waals surface area (Å²) in [6.07, 6.45) is 0.371. The van der Waals surface area contributed by atoms with Crippen molar-refractivity contribution in [1.82, 2.24) is 5.32 Å². The number of ether oxygens (including phenoxy) is 1. The van der Waals surface area contributed by atoms with Gasteiger partial charge in [0, 0.05) is 6.04 Å². The summed E-state index contributed by atoms with van der Waals surface area (Å²) in [6, 6.07) is 7.75. The molecule has 4 nitrogen and oxygen atoms in total. The van der Waals surface area contributed by atoms with Gasteiger partial charge in [-0.3, -0.25) is 0 Å². The minimum absolute atomic E-state index is 0.0880. The standard InChI is InChI=1S/C14H20N2O2/c1-14(2,3)18-13(17)16-12-10-7-5-4-6-9(10)8-11(12)15/h4-7,11-12H,8,15H2,1-3H3,(H,16,17). The molecule has 1 aliphatic rings. The number of rotatable bonds is 1. The topological polar surface area (TPSA) is 64.3 Å². The number of amides is 1. The molecule has 0 spiro atoms. The van der Waals surface area contributed by atoms with Gasteiger partial charge in [0.2, 0.25) is 0 Å². The number of nitrogens with one attached hydrogen (secondary N) is 1. The van der Waals surface area contributed by atoms with Gasteiger partial charge in [-0.25, -0.2) is 4.79 Å². The number of hydrogen-bond donors (Lipinski definition) is 2. The van der Waals surface area contributed by atoms with Crippen LogP contribution in [0, 0.1) is 0 Å². The Labute approximate surface area is 108 Å². The molecule has 2 atom stereocenters. The van der Waals surface area contributed by atoms with Crippen molar-refractivity contribution in [3.05, 3.63) is 35.4 Å². The smallest absolute Gasteiger partial charge is 0.408 e. The average Bonchev–Trinajstić information content (AvgIpc) is 2.53. The number of carbonyl (C=O) groups is 1. The van der Waals surface area contributed by atoms with Crippen molar-refractivity contribution in [2.75, 3.05) is 0 Å². The minimum atomic E-state index is -0.494. The first kappa shape index (κ1) is 12.9. The van der Waals surface area contributed by atoms with E-state index in [-0.39, 0.29) is 12.1 Å². The normalized spacial score (nSPS) is 22.4. The summed E-state index contributed by atoms with van der Waals surface area (Å²) in [6.45, 7) is 5.53. The van der Waals surface area contributed by atoms with Gasteiger partial charge < -0.3 is 15.8 Å². The molecule has 3 N–H and O–H groups in total. The van der Waals surface area contributed by atoms with E-state index in [9.17, 15) is 4.79 Å². The van der Waals surface area contributed by atoms with E-state index in [1.54, 1.807) is 0 Å². The molecule has 4 heteroatoms. The molecule has 1 aliphatic carbocycles. The SMILES string of the molecule is CC(C)(C)OC(=O)NC1c2ccccc2CC1N. The fraction of sp³-hybridized carbons (Fsp3) is 0.500. The van der Waals surface area contributed by atoms with Crippen molar-refractivity contribution < 1.29 is 9.53 Å². The molecule has 2 rings (SSSR count). The van der Waals surface area contributed by atoms with Gasteiger partial charge in [0.15, 0.2) is 0 Å². The summed E-state index contributed by atoms with van der Waals surface area (Å²) in [5, 5.41) is 2.86. The van der Waals surface area contributed by atoms with Gasteiger partial charge in [-0.2, -0.15) is 0 Å². The highest BCUT2D eigenvalue weighted by atomic mass is 16.6. The summed E-state index contributed by atoms with van der Waals surface area (Å²) in [7, 11) is 0. The van der Waals surface area contributed by atoms with Crippen molar-refractivity contribution >= 4 is 6.09 Å². The maximum atomic E-state index is 11.8. The molecular weight excluding hydrogens is 228 g/mol. The van der Waals surface area contributed by atoms with Crippen LogP contribution in [-0.4, -0.2) is 17.7 Å². The molecule has 0 radical (unpaired) electrons. The summed E-state index contributed by atoms with van der Waals surface area (Å²) in [5.41, 5.74) is 7.87. The van der Waals surface area contributed by atoms with Crippen molar-refractivity contribution in [3.8, 4) is 0 Å². The molecule has 0 aliphatic heterocycles. The molecule has 18 heavy (non-hydrogen) atoms. The lowest BCUT2D eigenvalue weighted by Crippen LogP contribution is -2.41. The second-order valence-electron chi connectivity index (χ2n) is 5.69. The number of alkyl carbamates (subject to hydrolysis) is 1. The van der Waals surface area contributed by atoms with Gasteiger partial charge in [-0.15, -0.1) is 0 Å². The van der Waals surface area contributed by atoms with Gasteiger partial charge >= 0.3 is 6.09 Å². The minimum Gasteiger partial charge on any atom is -0.444 e. The summed E-state index contributed by atoms with van der Waals surface area (Å²) in [4.78, 5) is 11.8. The summed E-state index contributed by atoms with van der Waals surface area (Å²) >= 11 is 0. The number of nitrogens with two attached hydrogens (primary N) is 1. The largest absolute Gasteiger partial charge is 0.444 e. The average molecular weight is 248 g/mol. The molecule has 1 aromatic carbocycles. The third-order valence-electron chi connectivity index (χ3n) is 2.95. The van der Waals surface area contributed by atoms with Crippen LogP contribution in [-0.2, 0) is 11.2 Å². The van der Waals surface area contributed by atoms with E-state index in [0.717, 1.165) is 12.0 Å².